The zero-order valence-corrected chi connectivity index (χ0v) is 25.6. The van der Waals surface area contributed by atoms with E-state index in [1.54, 1.807) is 12.1 Å². The van der Waals surface area contributed by atoms with Crippen LogP contribution in [0.1, 0.15) is 87.7 Å². The predicted molar refractivity (Wildman–Crippen MR) is 165 cm³/mol. The van der Waals surface area contributed by atoms with E-state index < -0.39 is 17.4 Å². The minimum absolute atomic E-state index is 0.0862. The van der Waals surface area contributed by atoms with Crippen LogP contribution in [-0.4, -0.2) is 57.5 Å². The molecular weight excluding hydrogens is 527 g/mol. The highest BCUT2D eigenvalue weighted by atomic mass is 19.1. The molecule has 0 amide bonds. The van der Waals surface area contributed by atoms with Gasteiger partial charge in [-0.1, -0.05) is 63.2 Å². The van der Waals surface area contributed by atoms with Crippen molar-refractivity contribution in [1.29, 1.82) is 0 Å². The first-order valence-electron chi connectivity index (χ1n) is 15.7. The maximum atomic E-state index is 14.3. The van der Waals surface area contributed by atoms with Crippen molar-refractivity contribution in [2.24, 2.45) is 11.3 Å². The summed E-state index contributed by atoms with van der Waals surface area (Å²) in [7, 11) is 0. The van der Waals surface area contributed by atoms with Crippen molar-refractivity contribution >= 4 is 5.97 Å². The number of likely N-dealkylation sites (tertiary alicyclic amines) is 1. The van der Waals surface area contributed by atoms with Crippen LogP contribution in [0.2, 0.25) is 0 Å². The van der Waals surface area contributed by atoms with E-state index >= 15 is 0 Å². The van der Waals surface area contributed by atoms with Gasteiger partial charge in [0.25, 0.3) is 0 Å². The number of hydrogen-bond donors (Lipinski definition) is 2. The molecule has 1 aliphatic heterocycles. The normalized spacial score (nSPS) is 22.8. The summed E-state index contributed by atoms with van der Waals surface area (Å²) in [5.74, 6) is 0.0222. The van der Waals surface area contributed by atoms with E-state index in [1.165, 1.54) is 17.3 Å². The molecule has 2 aliphatic rings. The lowest BCUT2D eigenvalue weighted by Gasteiger charge is -2.35. The summed E-state index contributed by atoms with van der Waals surface area (Å²) < 4.78 is 16.4. The second-order valence-electron chi connectivity index (χ2n) is 13.5. The molecule has 0 unspecified atom stereocenters. The molecule has 0 radical (unpaired) electrons. The van der Waals surface area contributed by atoms with Crippen LogP contribution in [0.5, 0.6) is 0 Å². The Kier molecular flexibility index (Phi) is 9.48. The number of piperidine rings is 1. The molecule has 5 rings (SSSR count). The third-order valence-corrected chi connectivity index (χ3v) is 9.37. The van der Waals surface area contributed by atoms with Gasteiger partial charge in [0.15, 0.2) is 0 Å². The van der Waals surface area contributed by atoms with E-state index in [-0.39, 0.29) is 17.8 Å². The Morgan fingerprint density at radius 1 is 1.07 bits per heavy atom. The summed E-state index contributed by atoms with van der Waals surface area (Å²) in [4.78, 5) is 14.7. The Morgan fingerprint density at radius 3 is 2.45 bits per heavy atom. The fourth-order valence-electron chi connectivity index (χ4n) is 7.24. The molecule has 2 heterocycles. The van der Waals surface area contributed by atoms with Gasteiger partial charge in [0.2, 0.25) is 0 Å². The fraction of sp³-hybridized carbons (Fsp3) is 0.543. The molecule has 1 aliphatic carbocycles. The summed E-state index contributed by atoms with van der Waals surface area (Å²) in [6.07, 6.45) is 4.77. The number of aryl methyl sites for hydroxylation is 1. The summed E-state index contributed by atoms with van der Waals surface area (Å²) >= 11 is 0. The SMILES string of the molecule is CCn1nc(Cc2ccccc2)cc1C1CCN(C[C@H]2C[C@H](N[C@@H](C(=O)O)C(C)(C)C)C[C@@H]2c2cccc(F)c2)CC1. The van der Waals surface area contributed by atoms with E-state index in [9.17, 15) is 14.3 Å². The quantitative estimate of drug-likeness (QED) is 0.291. The molecule has 7 heteroatoms. The van der Waals surface area contributed by atoms with Gasteiger partial charge in [0.1, 0.15) is 11.9 Å². The van der Waals surface area contributed by atoms with Crippen LogP contribution < -0.4 is 5.32 Å². The lowest BCUT2D eigenvalue weighted by atomic mass is 9.86. The Bertz CT molecular complexity index is 1330. The smallest absolute Gasteiger partial charge is 0.321 e. The summed E-state index contributed by atoms with van der Waals surface area (Å²) in [5.41, 5.74) is 4.41. The number of carbonyl (C=O) groups is 1. The molecule has 226 valence electrons. The zero-order chi connectivity index (χ0) is 29.9. The number of nitrogens with zero attached hydrogens (tertiary/aromatic N) is 3. The number of carboxylic acid groups (broad SMARTS) is 1. The third kappa shape index (κ3) is 7.30. The molecule has 1 aromatic heterocycles. The third-order valence-electron chi connectivity index (χ3n) is 9.37. The van der Waals surface area contributed by atoms with E-state index in [0.29, 0.717) is 11.8 Å². The number of carboxylic acids is 1. The van der Waals surface area contributed by atoms with E-state index in [0.717, 1.165) is 69.5 Å². The summed E-state index contributed by atoms with van der Waals surface area (Å²) in [6, 6.07) is 19.3. The maximum Gasteiger partial charge on any atom is 0.321 e. The van der Waals surface area contributed by atoms with E-state index in [1.807, 2.05) is 26.8 Å². The highest BCUT2D eigenvalue weighted by molar-refractivity contribution is 5.74. The minimum atomic E-state index is -0.812. The van der Waals surface area contributed by atoms with Crippen molar-refractivity contribution in [2.45, 2.75) is 90.3 Å². The maximum absolute atomic E-state index is 14.3. The number of benzene rings is 2. The highest BCUT2D eigenvalue weighted by Gasteiger charge is 2.41. The fourth-order valence-corrected chi connectivity index (χ4v) is 7.24. The first kappa shape index (κ1) is 30.4. The van der Waals surface area contributed by atoms with Crippen molar-refractivity contribution in [3.63, 3.8) is 0 Å². The van der Waals surface area contributed by atoms with Gasteiger partial charge in [0.05, 0.1) is 5.69 Å². The minimum Gasteiger partial charge on any atom is -0.480 e. The van der Waals surface area contributed by atoms with E-state index in [2.05, 4.69) is 58.2 Å². The number of rotatable bonds is 10. The zero-order valence-electron chi connectivity index (χ0n) is 25.6. The van der Waals surface area contributed by atoms with Crippen molar-refractivity contribution in [2.75, 3.05) is 19.6 Å². The van der Waals surface area contributed by atoms with Crippen LogP contribution in [0.4, 0.5) is 4.39 Å². The van der Waals surface area contributed by atoms with Crippen LogP contribution in [0, 0.1) is 17.2 Å². The number of halogens is 1. The van der Waals surface area contributed by atoms with Gasteiger partial charge in [-0.3, -0.25) is 9.48 Å². The van der Waals surface area contributed by atoms with Gasteiger partial charge in [-0.15, -0.1) is 0 Å². The largest absolute Gasteiger partial charge is 0.480 e. The molecule has 3 aromatic rings. The Balaban J connectivity index is 1.25. The topological polar surface area (TPSA) is 70.4 Å². The van der Waals surface area contributed by atoms with Gasteiger partial charge >= 0.3 is 5.97 Å². The van der Waals surface area contributed by atoms with Crippen molar-refractivity contribution in [1.82, 2.24) is 20.0 Å². The first-order valence-corrected chi connectivity index (χ1v) is 15.7. The highest BCUT2D eigenvalue weighted by Crippen LogP contribution is 2.42. The van der Waals surface area contributed by atoms with Crippen LogP contribution in [-0.2, 0) is 17.8 Å². The number of nitrogens with one attached hydrogen (secondary N) is 1. The van der Waals surface area contributed by atoms with E-state index in [4.69, 9.17) is 5.10 Å². The number of hydrogen-bond acceptors (Lipinski definition) is 4. The van der Waals surface area contributed by atoms with Crippen LogP contribution in [0.3, 0.4) is 0 Å². The van der Waals surface area contributed by atoms with Crippen LogP contribution in [0.15, 0.2) is 60.7 Å². The van der Waals surface area contributed by atoms with Gasteiger partial charge in [-0.2, -0.15) is 5.10 Å². The van der Waals surface area contributed by atoms with Crippen molar-refractivity contribution in [3.8, 4) is 0 Å². The molecule has 42 heavy (non-hydrogen) atoms. The van der Waals surface area contributed by atoms with Gasteiger partial charge < -0.3 is 15.3 Å². The second-order valence-corrected chi connectivity index (χ2v) is 13.5. The Hall–Kier alpha value is -3.03. The van der Waals surface area contributed by atoms with Gasteiger partial charge in [0, 0.05) is 37.2 Å². The standard InChI is InChI=1S/C35H47FN4O2/c1-5-40-32(22-30(38-40)18-24-10-7-6-8-11-24)25-14-16-39(17-15-25)23-27-20-29(37-33(34(41)42)35(2,3)4)21-31(27)26-12-9-13-28(36)19-26/h6-13,19,22,25,27,29,31,33,37H,5,14-18,20-21,23H2,1-4H3,(H,41,42)/t27-,29+,31-,33+/m1/s1. The van der Waals surface area contributed by atoms with Crippen LogP contribution >= 0.6 is 0 Å². The second kappa shape index (κ2) is 13.1. The molecule has 0 bridgehead atoms. The first-order chi connectivity index (χ1) is 20.1. The Labute approximate surface area is 250 Å². The predicted octanol–water partition coefficient (Wildman–Crippen LogP) is 6.46. The van der Waals surface area contributed by atoms with Crippen molar-refractivity contribution in [3.05, 3.63) is 89.0 Å². The molecular formula is C35H47FN4O2. The molecule has 0 spiro atoms. The van der Waals surface area contributed by atoms with Crippen LogP contribution in [0.25, 0.3) is 0 Å². The Morgan fingerprint density at radius 2 is 1.81 bits per heavy atom. The lowest BCUT2D eigenvalue weighted by molar-refractivity contribution is -0.142. The molecule has 4 atom stereocenters. The molecule has 1 saturated heterocycles. The molecule has 2 fully saturated rings. The summed E-state index contributed by atoms with van der Waals surface area (Å²) in [6.45, 7) is 11.9. The van der Waals surface area contributed by atoms with Crippen molar-refractivity contribution < 1.29 is 14.3 Å². The number of aromatic nitrogens is 2. The van der Waals surface area contributed by atoms with Gasteiger partial charge in [-0.25, -0.2) is 4.39 Å². The number of aliphatic carboxylic acids is 1. The molecule has 2 aromatic carbocycles. The summed E-state index contributed by atoms with van der Waals surface area (Å²) in [5, 5.41) is 18.3. The van der Waals surface area contributed by atoms with Gasteiger partial charge in [-0.05, 0) is 92.3 Å². The average molecular weight is 575 g/mol. The monoisotopic (exact) mass is 574 g/mol. The molecule has 2 N–H and O–H groups in total. The lowest BCUT2D eigenvalue weighted by Crippen LogP contribution is -2.50. The molecule has 6 nitrogen and oxygen atoms in total. The molecule has 1 saturated carbocycles. The average Bonchev–Trinajstić information content (AvgIpc) is 3.55.